The van der Waals surface area contributed by atoms with Gasteiger partial charge in [-0.05, 0) is 131 Å². The van der Waals surface area contributed by atoms with Crippen LogP contribution in [0, 0.1) is 64.0 Å². The zero-order chi connectivity index (χ0) is 102. The van der Waals surface area contributed by atoms with E-state index in [9.17, 15) is 85.9 Å². The Bertz CT molecular complexity index is 7430. The quantitative estimate of drug-likeness (QED) is 0.0377. The van der Waals surface area contributed by atoms with Crippen LogP contribution in [0.3, 0.4) is 0 Å². The summed E-state index contributed by atoms with van der Waals surface area (Å²) in [6.07, 6.45) is 8.45. The lowest BCUT2D eigenvalue weighted by atomic mass is 9.85. The smallest absolute Gasteiger partial charge is 0.323 e. The molecular weight excluding hydrogens is 1880 g/mol. The van der Waals surface area contributed by atoms with Crippen molar-refractivity contribution < 1.29 is 109 Å². The molecule has 7 saturated heterocycles. The first kappa shape index (κ1) is 96.6. The van der Waals surface area contributed by atoms with E-state index in [-0.39, 0.29) is 104 Å². The topological polar surface area (TPSA) is 560 Å². The van der Waals surface area contributed by atoms with Crippen molar-refractivity contribution >= 4 is 118 Å². The number of hydrogen-bond donors (Lipinski definition) is 10. The normalized spacial score (nSPS) is 21.5. The number of piperidine rings is 2. The van der Waals surface area contributed by atoms with Crippen LogP contribution in [0.4, 0.5) is 36.4 Å². The van der Waals surface area contributed by atoms with E-state index in [0.29, 0.717) is 162 Å². The number of hydrogen-bond acceptors (Lipinski definition) is 29. The number of ether oxygens (including phenoxy) is 4. The number of primary amides is 1. The number of Topliss-reactive ketones (excluding diaryl/α,β-unsaturated/α-hetero) is 2. The molecule has 12 N–H and O–H groups in total. The van der Waals surface area contributed by atoms with E-state index in [0.717, 1.165) is 28.1 Å². The van der Waals surface area contributed by atoms with Gasteiger partial charge in [0.25, 0.3) is 47.3 Å². The number of anilines is 3. The number of rotatable bonds is 16. The van der Waals surface area contributed by atoms with Gasteiger partial charge in [0, 0.05) is 149 Å². The second-order valence-corrected chi connectivity index (χ2v) is 35.8. The zero-order valence-electron chi connectivity index (χ0n) is 77.9. The van der Waals surface area contributed by atoms with Gasteiger partial charge in [0.2, 0.25) is 40.7 Å². The number of carbonyl (C=O) groups is 17. The molecule has 15 heterocycles. The van der Waals surface area contributed by atoms with E-state index in [1.54, 1.807) is 91.1 Å². The summed E-state index contributed by atoms with van der Waals surface area (Å²) in [5.74, 6) is 20.1. The molecule has 0 saturated carbocycles. The third-order valence-electron chi connectivity index (χ3n) is 26.5. The van der Waals surface area contributed by atoms with Crippen LogP contribution in [-0.4, -0.2) is 232 Å². The number of benzene rings is 5. The highest BCUT2D eigenvalue weighted by Crippen LogP contribution is 2.43. The third-order valence-corrected chi connectivity index (χ3v) is 26.5. The summed E-state index contributed by atoms with van der Waals surface area (Å²) in [6, 6.07) is 30.2. The molecule has 1 aliphatic carbocycles. The first-order chi connectivity index (χ1) is 69.6. The number of ketones is 2. The van der Waals surface area contributed by atoms with Gasteiger partial charge in [0.15, 0.2) is 17.3 Å². The van der Waals surface area contributed by atoms with Crippen molar-refractivity contribution in [3.05, 3.63) is 230 Å². The van der Waals surface area contributed by atoms with Crippen LogP contribution in [0.1, 0.15) is 153 Å². The van der Waals surface area contributed by atoms with Gasteiger partial charge >= 0.3 is 18.1 Å². The molecule has 0 bridgehead atoms. The summed E-state index contributed by atoms with van der Waals surface area (Å²) in [7, 11) is 5.86. The fourth-order valence-electron chi connectivity index (χ4n) is 18.8. The second kappa shape index (κ2) is 38.8. The number of furan rings is 1. The molecule has 12 aliphatic rings. The van der Waals surface area contributed by atoms with Crippen LogP contribution >= 0.6 is 0 Å². The third kappa shape index (κ3) is 19.2. The maximum Gasteiger partial charge on any atom is 0.323 e. The Morgan fingerprint density at radius 2 is 0.952 bits per heavy atom. The highest BCUT2D eigenvalue weighted by atomic mass is 19.1. The standard InChI is InChI=1S/C27H21FN4O6.C25H24N6O5.C25H19N5O6.C25H23N5O5/c1-38-18-5-3-16-12-32(22(34)20(16)21(18)28)13-26(11-19(33)29-23(26)35)8-6-14-2-4-17-15(10-14)7-9-27(17)24(36)30-25(37)31-27;1-36-18-3-2-16-13-31(22(34)19(16)10-18)14-25(11-20(33)28-23(25)35)7-4-15-12-27-24(29-21(15)26)30-8-5-17(32)6-9-30;1-35-17-3-2-15-12-30(22(32)18(15)9-17)13-25(23(33)28-24(34)29-25)7-6-14-8-16(11-27-10-14)19-4-5-20(36-19)21(26)31;1-35-19-4-3-17-14-30(22(32)20(17)12-19)15-25(23(33)27-24(34)28-25)9-6-16-2-5-21(26-13-16)29-10-7-18(31)8-11-29/h2-5,10H,7,9,11-13H2,1H3,(H,29,33,35)(H2,30,31,36,37);2-3,10,12H,5-6,8-9,11,13-14H2,1H3,(H2,26,27,29)(H,28,33,35);2-5,8-11H,12-13H2,1H3,(H2,26,31)(H2,28,29,33,34);2-5,12-13H,7-8,10-11,14-15H2,1H3,(H2,27,28,33,34)/t26-,27?;3*25-/m1111/s1. The molecule has 1 spiro atoms. The van der Waals surface area contributed by atoms with Crippen LogP contribution in [0.25, 0.3) is 11.3 Å². The lowest BCUT2D eigenvalue weighted by Crippen LogP contribution is -2.54. The van der Waals surface area contributed by atoms with E-state index in [1.807, 2.05) is 28.0 Å². The highest BCUT2D eigenvalue weighted by molar-refractivity contribution is 6.13. The Morgan fingerprint density at radius 1 is 0.455 bits per heavy atom. The predicted molar refractivity (Wildman–Crippen MR) is 505 cm³/mol. The number of aromatic nitrogens is 4. The number of nitrogen functional groups attached to an aromatic ring is 1. The number of amides is 18. The summed E-state index contributed by atoms with van der Waals surface area (Å²) >= 11 is 0. The summed E-state index contributed by atoms with van der Waals surface area (Å²) < 4.78 is 40.8. The largest absolute Gasteiger partial charge is 0.497 e. The molecule has 5 atom stereocenters. The highest BCUT2D eigenvalue weighted by Gasteiger charge is 2.55. The van der Waals surface area contributed by atoms with Crippen molar-refractivity contribution in [2.24, 2.45) is 16.6 Å². The van der Waals surface area contributed by atoms with Crippen molar-refractivity contribution in [2.45, 2.75) is 94.2 Å². The molecule has 5 aromatic carbocycles. The van der Waals surface area contributed by atoms with Gasteiger partial charge in [-0.15, -0.1) is 0 Å². The number of nitrogens with zero attached hydrogens (tertiary/aromatic N) is 10. The Balaban J connectivity index is 0.000000127. The van der Waals surface area contributed by atoms with E-state index in [1.165, 1.54) is 78.8 Å². The first-order valence-corrected chi connectivity index (χ1v) is 45.4. The van der Waals surface area contributed by atoms with E-state index in [2.05, 4.69) is 110 Å². The Morgan fingerprint density at radius 3 is 1.43 bits per heavy atom. The van der Waals surface area contributed by atoms with Crippen molar-refractivity contribution in [2.75, 3.05) is 96.3 Å². The van der Waals surface area contributed by atoms with Crippen molar-refractivity contribution in [3.63, 3.8) is 0 Å². The number of nitrogens with two attached hydrogens (primary N) is 2. The molecule has 0 radical (unpaired) electrons. The maximum atomic E-state index is 14.8. The first-order valence-electron chi connectivity index (χ1n) is 45.4. The van der Waals surface area contributed by atoms with Gasteiger partial charge in [-0.1, -0.05) is 77.7 Å². The summed E-state index contributed by atoms with van der Waals surface area (Å²) in [6.45, 7) is 2.66. The van der Waals surface area contributed by atoms with Gasteiger partial charge in [-0.25, -0.2) is 28.7 Å². The predicted octanol–water partition coefficient (Wildman–Crippen LogP) is 3.01. The monoisotopic (exact) mass is 1960 g/mol. The zero-order valence-corrected chi connectivity index (χ0v) is 77.9. The van der Waals surface area contributed by atoms with E-state index in [4.69, 9.17) is 34.8 Å². The molecule has 18 amide bonds. The van der Waals surface area contributed by atoms with Gasteiger partial charge in [0.1, 0.15) is 62.6 Å². The molecule has 7 fully saturated rings. The fraction of sp³-hybridized carbons (Fsp3) is 0.284. The van der Waals surface area contributed by atoms with Crippen molar-refractivity contribution in [3.8, 4) is 81.7 Å². The number of aryl methyl sites for hydroxylation is 1. The lowest BCUT2D eigenvalue weighted by Gasteiger charge is -2.27. The number of methoxy groups -OCH3 is 4. The molecule has 9 aromatic rings. The number of fused-ring (bicyclic) bond motifs is 6. The SMILES string of the molecule is COc1ccc2c(c1)C(=O)N(C[C@@]1(C#Cc3ccc(N4CCC(=O)CC4)nc3)NC(=O)NC1=O)C2.COc1ccc2c(c1)C(=O)N(C[C@@]1(C#Cc3cnc(N4CCC(=O)CC4)nc3N)CC(=O)NC1=O)C2.COc1ccc2c(c1)C(=O)N(C[C@@]1(C#Cc3cncc(-c4ccc(C(N)=O)o4)c3)NC(=O)NC1=O)C2.COc1ccc2c(c1F)C(=O)N(C[C@@]1(C#Cc3ccc4c(c3)CCC43NC(=O)NC3=O)CC(=O)NC1=O)C2. The lowest BCUT2D eigenvalue weighted by molar-refractivity contribution is -0.128. The summed E-state index contributed by atoms with van der Waals surface area (Å²) in [4.78, 5) is 237. The van der Waals surface area contributed by atoms with Crippen LogP contribution in [0.5, 0.6) is 23.0 Å². The van der Waals surface area contributed by atoms with Gasteiger partial charge in [-0.2, -0.15) is 4.98 Å². The second-order valence-electron chi connectivity index (χ2n) is 35.8. The molecular formula is C102H87FN20O22. The number of halogens is 1. The molecule has 42 nitrogen and oxygen atoms in total. The number of pyridine rings is 2. The number of carbonyl (C=O) groups excluding carboxylic acids is 17. The Hall–Kier alpha value is -18.7. The van der Waals surface area contributed by atoms with Crippen LogP contribution in [0.15, 0.2) is 144 Å². The fourth-order valence-corrected chi connectivity index (χ4v) is 18.8. The van der Waals surface area contributed by atoms with E-state index >= 15 is 0 Å². The molecule has 734 valence electrons. The van der Waals surface area contributed by atoms with Gasteiger partial charge in [0.05, 0.1) is 71.7 Å². The van der Waals surface area contributed by atoms with Crippen LogP contribution in [-0.2, 0) is 81.3 Å². The average Bonchev–Trinajstić information content (AvgIpc) is 1.58. The van der Waals surface area contributed by atoms with Crippen LogP contribution in [0.2, 0.25) is 0 Å². The maximum absolute atomic E-state index is 14.8. The number of nitrogens with one attached hydrogen (secondary N) is 8. The summed E-state index contributed by atoms with van der Waals surface area (Å²) in [5.41, 5.74) is 12.1. The molecule has 4 aromatic heterocycles. The Labute approximate surface area is 823 Å². The van der Waals surface area contributed by atoms with E-state index < -0.39 is 105 Å². The van der Waals surface area contributed by atoms with Crippen molar-refractivity contribution in [1.29, 1.82) is 0 Å². The average molecular weight is 1960 g/mol. The van der Waals surface area contributed by atoms with Gasteiger partial charge in [-0.3, -0.25) is 98.7 Å². The Kier molecular flexibility index (Phi) is 25.9. The molecule has 145 heavy (non-hydrogen) atoms. The molecule has 43 heteroatoms. The minimum atomic E-state index is -1.67. The van der Waals surface area contributed by atoms with Gasteiger partial charge < -0.3 is 80.2 Å². The summed E-state index contributed by atoms with van der Waals surface area (Å²) in [5, 5.41) is 19.2. The molecule has 1 unspecified atom stereocenters. The minimum Gasteiger partial charge on any atom is -0.497 e. The number of urea groups is 3. The molecule has 21 rings (SSSR count). The molecule has 11 aliphatic heterocycles. The minimum absolute atomic E-state index is 0.000300. The van der Waals surface area contributed by atoms with Crippen molar-refractivity contribution in [1.82, 2.24) is 82.1 Å². The van der Waals surface area contributed by atoms with Crippen LogP contribution < -0.4 is 82.7 Å². The number of imide groups is 5.